The maximum Gasteiger partial charge on any atom is 0.126 e. The highest BCUT2D eigenvalue weighted by atomic mass is 16.5. The zero-order valence-electron chi connectivity index (χ0n) is 14.7. The number of ether oxygens (including phenoxy) is 2. The first kappa shape index (κ1) is 15.6. The SMILES string of the molecule is CCc1cccc2c1OC1CCCC(C2)Oc2c(C)cccc2C1. The van der Waals surface area contributed by atoms with Gasteiger partial charge in [-0.25, -0.2) is 0 Å². The van der Waals surface area contributed by atoms with Crippen LogP contribution in [0.4, 0.5) is 0 Å². The first-order valence-corrected chi connectivity index (χ1v) is 9.27. The number of hydrogen-bond acceptors (Lipinski definition) is 2. The molecule has 24 heavy (non-hydrogen) atoms. The largest absolute Gasteiger partial charge is 0.490 e. The van der Waals surface area contributed by atoms with E-state index in [1.165, 1.54) is 22.3 Å². The summed E-state index contributed by atoms with van der Waals surface area (Å²) in [4.78, 5) is 0. The molecule has 2 aliphatic rings. The number of aryl methyl sites for hydroxylation is 2. The molecule has 0 aliphatic carbocycles. The van der Waals surface area contributed by atoms with Crippen LogP contribution in [-0.2, 0) is 19.3 Å². The molecule has 2 unspecified atom stereocenters. The van der Waals surface area contributed by atoms with Crippen LogP contribution in [0.5, 0.6) is 11.5 Å². The number of benzene rings is 2. The molecule has 126 valence electrons. The van der Waals surface area contributed by atoms with E-state index in [-0.39, 0.29) is 12.2 Å². The molecule has 0 N–H and O–H groups in total. The van der Waals surface area contributed by atoms with Crippen LogP contribution in [0.3, 0.4) is 0 Å². The number of hydrogen-bond donors (Lipinski definition) is 0. The molecule has 0 fully saturated rings. The Bertz CT molecular complexity index is 735. The maximum absolute atomic E-state index is 6.60. The van der Waals surface area contributed by atoms with Crippen molar-refractivity contribution in [2.45, 2.75) is 64.6 Å². The van der Waals surface area contributed by atoms with Crippen LogP contribution in [0.1, 0.15) is 48.4 Å². The Morgan fingerprint density at radius 2 is 1.50 bits per heavy atom. The predicted octanol–water partition coefficient (Wildman–Crippen LogP) is 5.03. The molecule has 2 nitrogen and oxygen atoms in total. The fourth-order valence-corrected chi connectivity index (χ4v) is 4.07. The zero-order chi connectivity index (χ0) is 16.5. The Morgan fingerprint density at radius 3 is 2.21 bits per heavy atom. The van der Waals surface area contributed by atoms with Crippen LogP contribution in [0, 0.1) is 6.92 Å². The summed E-state index contributed by atoms with van der Waals surface area (Å²) in [6.07, 6.45) is 6.71. The van der Waals surface area contributed by atoms with E-state index >= 15 is 0 Å². The lowest BCUT2D eigenvalue weighted by molar-refractivity contribution is 0.186. The summed E-state index contributed by atoms with van der Waals surface area (Å²) in [5.74, 6) is 2.21. The summed E-state index contributed by atoms with van der Waals surface area (Å²) in [6.45, 7) is 4.36. The third-order valence-electron chi connectivity index (χ3n) is 5.37. The summed E-state index contributed by atoms with van der Waals surface area (Å²) in [5, 5.41) is 0. The molecule has 2 heterocycles. The lowest BCUT2D eigenvalue weighted by Crippen LogP contribution is -2.23. The number of rotatable bonds is 1. The van der Waals surface area contributed by atoms with Crippen LogP contribution < -0.4 is 9.47 Å². The van der Waals surface area contributed by atoms with E-state index in [1.807, 2.05) is 0 Å². The van der Waals surface area contributed by atoms with Gasteiger partial charge in [-0.2, -0.15) is 0 Å². The maximum atomic E-state index is 6.60. The summed E-state index contributed by atoms with van der Waals surface area (Å²) in [5.41, 5.74) is 5.16. The van der Waals surface area contributed by atoms with Gasteiger partial charge in [-0.1, -0.05) is 43.3 Å². The van der Waals surface area contributed by atoms with Gasteiger partial charge >= 0.3 is 0 Å². The van der Waals surface area contributed by atoms with Gasteiger partial charge in [0, 0.05) is 12.8 Å². The summed E-state index contributed by atoms with van der Waals surface area (Å²) in [7, 11) is 0. The number of fused-ring (bicyclic) bond motifs is 6. The van der Waals surface area contributed by atoms with E-state index in [2.05, 4.69) is 50.2 Å². The highest BCUT2D eigenvalue weighted by Gasteiger charge is 2.27. The summed E-state index contributed by atoms with van der Waals surface area (Å²) in [6, 6.07) is 13.1. The third kappa shape index (κ3) is 2.90. The van der Waals surface area contributed by atoms with Crippen molar-refractivity contribution in [1.29, 1.82) is 0 Å². The van der Waals surface area contributed by atoms with Gasteiger partial charge in [0.05, 0.1) is 0 Å². The smallest absolute Gasteiger partial charge is 0.126 e. The first-order chi connectivity index (χ1) is 11.7. The topological polar surface area (TPSA) is 18.5 Å². The molecule has 4 rings (SSSR count). The van der Waals surface area contributed by atoms with Gasteiger partial charge in [-0.3, -0.25) is 0 Å². The highest BCUT2D eigenvalue weighted by molar-refractivity contribution is 5.45. The summed E-state index contributed by atoms with van der Waals surface area (Å²) < 4.78 is 13.1. The van der Waals surface area contributed by atoms with E-state index in [4.69, 9.17) is 9.47 Å². The van der Waals surface area contributed by atoms with E-state index in [0.29, 0.717) is 0 Å². The molecule has 2 aromatic carbocycles. The normalized spacial score (nSPS) is 22.6. The second kappa shape index (κ2) is 6.51. The van der Waals surface area contributed by atoms with Crippen molar-refractivity contribution >= 4 is 0 Å². The molecule has 0 aromatic heterocycles. The van der Waals surface area contributed by atoms with Crippen molar-refractivity contribution in [2.75, 3.05) is 0 Å². The van der Waals surface area contributed by atoms with Crippen molar-refractivity contribution in [3.63, 3.8) is 0 Å². The Morgan fingerprint density at radius 1 is 0.875 bits per heavy atom. The van der Waals surface area contributed by atoms with Crippen LogP contribution in [0.15, 0.2) is 36.4 Å². The Kier molecular flexibility index (Phi) is 4.22. The highest BCUT2D eigenvalue weighted by Crippen LogP contribution is 2.36. The van der Waals surface area contributed by atoms with Crippen molar-refractivity contribution in [1.82, 2.24) is 0 Å². The minimum Gasteiger partial charge on any atom is -0.490 e. The molecule has 2 aliphatic heterocycles. The quantitative estimate of drug-likeness (QED) is 0.732. The van der Waals surface area contributed by atoms with Crippen molar-refractivity contribution < 1.29 is 9.47 Å². The fraction of sp³-hybridized carbons (Fsp3) is 0.455. The van der Waals surface area contributed by atoms with Crippen LogP contribution in [0.25, 0.3) is 0 Å². The zero-order valence-corrected chi connectivity index (χ0v) is 14.7. The predicted molar refractivity (Wildman–Crippen MR) is 97.1 cm³/mol. The molecule has 2 bridgehead atoms. The minimum atomic E-state index is 0.233. The minimum absolute atomic E-state index is 0.233. The molecule has 0 spiro atoms. The van der Waals surface area contributed by atoms with Gasteiger partial charge in [0.1, 0.15) is 23.7 Å². The van der Waals surface area contributed by atoms with Crippen LogP contribution in [0.2, 0.25) is 0 Å². The lowest BCUT2D eigenvalue weighted by Gasteiger charge is -2.26. The number of para-hydroxylation sites is 2. The van der Waals surface area contributed by atoms with Gasteiger partial charge in [0.15, 0.2) is 0 Å². The molecule has 0 saturated heterocycles. The standard InChI is InChI=1S/C22H26O2/c1-3-16-8-5-10-18-14-19-11-6-12-20(24-22(16)18)13-17-9-4-7-15(2)21(17)23-19/h4-5,7-10,19-20H,3,6,11-14H2,1-2H3. The molecule has 2 aromatic rings. The van der Waals surface area contributed by atoms with E-state index in [1.54, 1.807) is 0 Å². The lowest BCUT2D eigenvalue weighted by atomic mass is 9.99. The first-order valence-electron chi connectivity index (χ1n) is 9.27. The summed E-state index contributed by atoms with van der Waals surface area (Å²) >= 11 is 0. The average molecular weight is 322 g/mol. The fourth-order valence-electron chi connectivity index (χ4n) is 4.07. The Balaban J connectivity index is 1.81. The molecular weight excluding hydrogens is 296 g/mol. The molecule has 0 radical (unpaired) electrons. The van der Waals surface area contributed by atoms with E-state index < -0.39 is 0 Å². The molecule has 0 amide bonds. The Hall–Kier alpha value is -1.96. The average Bonchev–Trinajstić information content (AvgIpc) is 2.72. The van der Waals surface area contributed by atoms with Gasteiger partial charge in [0.2, 0.25) is 0 Å². The molecule has 2 heteroatoms. The third-order valence-corrected chi connectivity index (χ3v) is 5.37. The Labute approximate surface area is 144 Å². The van der Waals surface area contributed by atoms with Gasteiger partial charge in [-0.05, 0) is 54.9 Å². The van der Waals surface area contributed by atoms with Gasteiger partial charge in [0.25, 0.3) is 0 Å². The molecule has 2 atom stereocenters. The van der Waals surface area contributed by atoms with E-state index in [0.717, 1.165) is 50.0 Å². The van der Waals surface area contributed by atoms with Crippen molar-refractivity contribution in [2.24, 2.45) is 0 Å². The van der Waals surface area contributed by atoms with Crippen LogP contribution >= 0.6 is 0 Å². The van der Waals surface area contributed by atoms with Crippen molar-refractivity contribution in [3.05, 3.63) is 58.7 Å². The molecular formula is C22H26O2. The van der Waals surface area contributed by atoms with Crippen molar-refractivity contribution in [3.8, 4) is 11.5 Å². The molecule has 0 saturated carbocycles. The second-order valence-corrected chi connectivity index (χ2v) is 7.14. The van der Waals surface area contributed by atoms with Gasteiger partial charge < -0.3 is 9.47 Å². The van der Waals surface area contributed by atoms with E-state index in [9.17, 15) is 0 Å². The van der Waals surface area contributed by atoms with Crippen LogP contribution in [-0.4, -0.2) is 12.2 Å². The second-order valence-electron chi connectivity index (χ2n) is 7.14. The monoisotopic (exact) mass is 322 g/mol. The van der Waals surface area contributed by atoms with Gasteiger partial charge in [-0.15, -0.1) is 0 Å².